The molecule has 0 bridgehead atoms. The maximum Gasteiger partial charge on any atom is 0.269 e. The van der Waals surface area contributed by atoms with Crippen LogP contribution < -0.4 is 4.74 Å². The summed E-state index contributed by atoms with van der Waals surface area (Å²) in [4.78, 5) is 10.5. The van der Waals surface area contributed by atoms with Crippen LogP contribution in [0.5, 0.6) is 5.75 Å². The third-order valence-corrected chi connectivity index (χ3v) is 6.56. The average Bonchev–Trinajstić information content (AvgIpc) is 3.19. The minimum atomic E-state index is -0.377. The maximum atomic E-state index is 10.8. The van der Waals surface area contributed by atoms with Gasteiger partial charge in [0.15, 0.2) is 0 Å². The number of nitro groups is 1. The Hall–Kier alpha value is -2.10. The van der Waals surface area contributed by atoms with Crippen molar-refractivity contribution >= 4 is 5.69 Å². The Kier molecular flexibility index (Phi) is 4.17. The normalized spacial score (nSPS) is 30.3. The van der Waals surface area contributed by atoms with Gasteiger partial charge in [-0.3, -0.25) is 10.1 Å². The van der Waals surface area contributed by atoms with Crippen molar-refractivity contribution in [2.45, 2.75) is 52.1 Å². The molecule has 0 amide bonds. The zero-order valence-corrected chi connectivity index (χ0v) is 15.8. The van der Waals surface area contributed by atoms with Crippen molar-refractivity contribution in [2.75, 3.05) is 0 Å². The molecule has 26 heavy (non-hydrogen) atoms. The van der Waals surface area contributed by atoms with Crippen molar-refractivity contribution in [3.05, 3.63) is 57.7 Å². The number of benzene rings is 1. The van der Waals surface area contributed by atoms with Crippen LogP contribution >= 0.6 is 0 Å². The highest BCUT2D eigenvalue weighted by Crippen LogP contribution is 2.61. The van der Waals surface area contributed by atoms with E-state index in [0.29, 0.717) is 17.6 Å². The van der Waals surface area contributed by atoms with E-state index in [9.17, 15) is 10.1 Å². The molecule has 4 heteroatoms. The molecule has 1 aromatic rings. The first-order chi connectivity index (χ1) is 12.4. The van der Waals surface area contributed by atoms with Crippen molar-refractivity contribution in [3.63, 3.8) is 0 Å². The van der Waals surface area contributed by atoms with Crippen LogP contribution in [0.1, 0.15) is 46.5 Å². The fraction of sp³-hybridized carbons (Fsp3) is 0.545. The first kappa shape index (κ1) is 17.3. The van der Waals surface area contributed by atoms with Crippen molar-refractivity contribution in [1.29, 1.82) is 0 Å². The van der Waals surface area contributed by atoms with Crippen molar-refractivity contribution in [3.8, 4) is 5.75 Å². The lowest BCUT2D eigenvalue weighted by atomic mass is 9.82. The Bertz CT molecular complexity index is 775. The van der Waals surface area contributed by atoms with E-state index in [2.05, 4.69) is 32.9 Å². The van der Waals surface area contributed by atoms with E-state index < -0.39 is 0 Å². The molecule has 0 aliphatic heterocycles. The molecule has 3 aliphatic rings. The van der Waals surface area contributed by atoms with Gasteiger partial charge in [0, 0.05) is 18.1 Å². The van der Waals surface area contributed by atoms with Gasteiger partial charge in [-0.25, -0.2) is 0 Å². The Morgan fingerprint density at radius 1 is 1.19 bits per heavy atom. The number of hydrogen-bond acceptors (Lipinski definition) is 3. The summed E-state index contributed by atoms with van der Waals surface area (Å²) in [5.74, 6) is 3.41. The summed E-state index contributed by atoms with van der Waals surface area (Å²) in [6, 6.07) is 6.46. The van der Waals surface area contributed by atoms with Gasteiger partial charge in [-0.1, -0.05) is 23.3 Å². The van der Waals surface area contributed by atoms with Crippen molar-refractivity contribution < 1.29 is 9.66 Å². The Morgan fingerprint density at radius 3 is 2.54 bits per heavy atom. The lowest BCUT2D eigenvalue weighted by molar-refractivity contribution is -0.384. The number of nitrogens with zero attached hydrogens (tertiary/aromatic N) is 1. The van der Waals surface area contributed by atoms with Crippen molar-refractivity contribution in [2.24, 2.45) is 23.7 Å². The van der Waals surface area contributed by atoms with E-state index >= 15 is 0 Å². The van der Waals surface area contributed by atoms with Gasteiger partial charge in [0.2, 0.25) is 0 Å². The van der Waals surface area contributed by atoms with Gasteiger partial charge in [0.1, 0.15) is 11.4 Å². The zero-order chi connectivity index (χ0) is 18.5. The van der Waals surface area contributed by atoms with E-state index in [4.69, 9.17) is 4.74 Å². The summed E-state index contributed by atoms with van der Waals surface area (Å²) in [5, 5.41) is 10.8. The predicted molar refractivity (Wildman–Crippen MR) is 102 cm³/mol. The molecular weight excluding hydrogens is 326 g/mol. The smallest absolute Gasteiger partial charge is 0.269 e. The third-order valence-electron chi connectivity index (χ3n) is 6.56. The van der Waals surface area contributed by atoms with Crippen molar-refractivity contribution in [1.82, 2.24) is 0 Å². The summed E-state index contributed by atoms with van der Waals surface area (Å²) < 4.78 is 6.36. The highest BCUT2D eigenvalue weighted by molar-refractivity contribution is 5.38. The minimum absolute atomic E-state index is 0.0984. The Morgan fingerprint density at radius 2 is 1.92 bits per heavy atom. The van der Waals surface area contributed by atoms with Gasteiger partial charge >= 0.3 is 0 Å². The molecule has 0 aromatic heterocycles. The first-order valence-corrected chi connectivity index (χ1v) is 9.68. The Labute approximate surface area is 155 Å². The van der Waals surface area contributed by atoms with Crippen LogP contribution in [0, 0.1) is 33.8 Å². The van der Waals surface area contributed by atoms with E-state index in [-0.39, 0.29) is 16.2 Å². The second-order valence-electron chi connectivity index (χ2n) is 8.56. The van der Waals surface area contributed by atoms with Crippen LogP contribution in [-0.2, 0) is 0 Å². The fourth-order valence-electron chi connectivity index (χ4n) is 5.22. The molecule has 4 rings (SSSR count). The molecule has 1 saturated carbocycles. The zero-order valence-electron chi connectivity index (χ0n) is 15.8. The molecule has 0 radical (unpaired) electrons. The number of rotatable bonds is 5. The predicted octanol–water partition coefficient (Wildman–Crippen LogP) is 5.69. The molecule has 0 N–H and O–H groups in total. The molecule has 3 unspecified atom stereocenters. The van der Waals surface area contributed by atoms with Gasteiger partial charge in [-0.05, 0) is 76.3 Å². The summed E-state index contributed by atoms with van der Waals surface area (Å²) in [6.45, 7) is 6.63. The summed E-state index contributed by atoms with van der Waals surface area (Å²) in [5.41, 5.74) is 2.97. The highest BCUT2D eigenvalue weighted by Gasteiger charge is 2.55. The third kappa shape index (κ3) is 2.95. The molecule has 0 heterocycles. The number of allylic oxidation sites excluding steroid dienone is 3. The summed E-state index contributed by atoms with van der Waals surface area (Å²) >= 11 is 0. The summed E-state index contributed by atoms with van der Waals surface area (Å²) in [6.07, 6.45) is 9.61. The molecule has 138 valence electrons. The Balaban J connectivity index is 1.53. The molecule has 0 saturated heterocycles. The molecule has 0 spiro atoms. The van der Waals surface area contributed by atoms with Crippen LogP contribution in [0.15, 0.2) is 47.6 Å². The van der Waals surface area contributed by atoms with E-state index in [0.717, 1.165) is 24.7 Å². The maximum absolute atomic E-state index is 10.8. The van der Waals surface area contributed by atoms with Crippen LogP contribution in [0.25, 0.3) is 0 Å². The van der Waals surface area contributed by atoms with Gasteiger partial charge in [0.25, 0.3) is 5.69 Å². The molecule has 1 fully saturated rings. The topological polar surface area (TPSA) is 52.4 Å². The van der Waals surface area contributed by atoms with Gasteiger partial charge in [0.05, 0.1) is 4.92 Å². The molecule has 3 aliphatic carbocycles. The minimum Gasteiger partial charge on any atom is -0.487 e. The van der Waals surface area contributed by atoms with Crippen LogP contribution in [0.3, 0.4) is 0 Å². The fourth-order valence-corrected chi connectivity index (χ4v) is 5.22. The number of non-ortho nitro benzene ring substituents is 1. The lowest BCUT2D eigenvalue weighted by Crippen LogP contribution is -2.38. The first-order valence-electron chi connectivity index (χ1n) is 9.68. The van der Waals surface area contributed by atoms with E-state index in [1.54, 1.807) is 23.3 Å². The van der Waals surface area contributed by atoms with E-state index in [1.165, 1.54) is 25.0 Å². The highest BCUT2D eigenvalue weighted by atomic mass is 16.6. The van der Waals surface area contributed by atoms with E-state index in [1.807, 2.05) is 0 Å². The number of fused-ring (bicyclic) bond motifs is 1. The molecule has 4 nitrogen and oxygen atoms in total. The standard InChI is InChI=1S/C22H27NO3/c1-14-8-13-19(20(14)21-17-6-4-5-7-18(17)21)22(2,3)26-16-11-9-15(10-12-16)23(24)25/h4,6,9-12,17-19,21H,5,7-8,13H2,1-3H3/t17-,18?,19?,21?/m0/s1. The average molecular weight is 353 g/mol. The SMILES string of the molecule is CC1=C(C2C3CCC=C[C@@H]32)C(C(C)(C)Oc2ccc([N+](=O)[O-])cc2)CC1. The number of hydrogen-bond donors (Lipinski definition) is 0. The molecular formula is C22H27NO3. The van der Waals surface area contributed by atoms with Gasteiger partial charge in [-0.2, -0.15) is 0 Å². The number of ether oxygens (including phenoxy) is 1. The van der Waals surface area contributed by atoms with Crippen LogP contribution in [0.2, 0.25) is 0 Å². The second-order valence-corrected chi connectivity index (χ2v) is 8.56. The summed E-state index contributed by atoms with van der Waals surface area (Å²) in [7, 11) is 0. The quantitative estimate of drug-likeness (QED) is 0.388. The molecule has 1 aromatic carbocycles. The van der Waals surface area contributed by atoms with Crippen LogP contribution in [-0.4, -0.2) is 10.5 Å². The monoisotopic (exact) mass is 353 g/mol. The van der Waals surface area contributed by atoms with Gasteiger partial charge in [-0.15, -0.1) is 0 Å². The molecule has 4 atom stereocenters. The second kappa shape index (κ2) is 6.26. The van der Waals surface area contributed by atoms with Crippen LogP contribution in [0.4, 0.5) is 5.69 Å². The lowest BCUT2D eigenvalue weighted by Gasteiger charge is -2.35. The largest absolute Gasteiger partial charge is 0.487 e. The number of nitro benzene ring substituents is 1. The van der Waals surface area contributed by atoms with Gasteiger partial charge < -0.3 is 4.74 Å².